The van der Waals surface area contributed by atoms with E-state index in [9.17, 15) is 18.0 Å². The van der Waals surface area contributed by atoms with Gasteiger partial charge in [-0.3, -0.25) is 4.79 Å². The van der Waals surface area contributed by atoms with Crippen molar-refractivity contribution in [3.63, 3.8) is 0 Å². The van der Waals surface area contributed by atoms with Crippen LogP contribution in [-0.2, 0) is 11.0 Å². The van der Waals surface area contributed by atoms with Crippen molar-refractivity contribution in [3.05, 3.63) is 17.7 Å². The van der Waals surface area contributed by atoms with Crippen LogP contribution < -0.4 is 16.4 Å². The number of nitrogens with zero attached hydrogens (tertiary/aromatic N) is 1. The monoisotopic (exact) mass is 290 g/mol. The van der Waals surface area contributed by atoms with Crippen molar-refractivity contribution < 1.29 is 18.0 Å². The Morgan fingerprint density at radius 3 is 2.40 bits per heavy atom. The number of primary amides is 1. The molecular formula is C12H17F3N4O. The Balaban J connectivity index is 2.78. The van der Waals surface area contributed by atoms with Crippen LogP contribution in [0.1, 0.15) is 25.3 Å². The van der Waals surface area contributed by atoms with Gasteiger partial charge in [0.15, 0.2) is 0 Å². The molecule has 112 valence electrons. The Morgan fingerprint density at radius 1 is 1.30 bits per heavy atom. The lowest BCUT2D eigenvalue weighted by Gasteiger charge is -2.13. The predicted molar refractivity (Wildman–Crippen MR) is 70.3 cm³/mol. The summed E-state index contributed by atoms with van der Waals surface area (Å²) >= 11 is 0. The molecule has 1 rings (SSSR count). The lowest BCUT2D eigenvalue weighted by Crippen LogP contribution is -2.14. The fourth-order valence-corrected chi connectivity index (χ4v) is 1.54. The standard InChI is InChI=1S/C12H17F3N4O/c1-2-17-10-6-8(12(13,14)15)7-11(19-10)18-5-3-4-9(16)20/h6-7H,2-5H2,1H3,(H2,16,20)(H2,17,18,19). The first-order chi connectivity index (χ1) is 9.32. The number of alkyl halides is 3. The van der Waals surface area contributed by atoms with Crippen molar-refractivity contribution in [1.29, 1.82) is 0 Å². The van der Waals surface area contributed by atoms with Crippen LogP contribution in [0.25, 0.3) is 0 Å². The van der Waals surface area contributed by atoms with E-state index in [-0.39, 0.29) is 18.1 Å². The molecule has 0 saturated heterocycles. The number of halogens is 3. The van der Waals surface area contributed by atoms with Crippen LogP contribution in [0.15, 0.2) is 12.1 Å². The fraction of sp³-hybridized carbons (Fsp3) is 0.500. The topological polar surface area (TPSA) is 80.0 Å². The second-order valence-corrected chi connectivity index (χ2v) is 4.15. The highest BCUT2D eigenvalue weighted by atomic mass is 19.4. The lowest BCUT2D eigenvalue weighted by atomic mass is 10.2. The summed E-state index contributed by atoms with van der Waals surface area (Å²) in [5.41, 5.74) is 4.20. The minimum atomic E-state index is -4.43. The molecule has 1 amide bonds. The van der Waals surface area contributed by atoms with Gasteiger partial charge in [0.2, 0.25) is 5.91 Å². The van der Waals surface area contributed by atoms with Gasteiger partial charge in [-0.1, -0.05) is 0 Å². The Morgan fingerprint density at radius 2 is 1.90 bits per heavy atom. The van der Waals surface area contributed by atoms with Gasteiger partial charge in [-0.2, -0.15) is 13.2 Å². The number of anilines is 2. The van der Waals surface area contributed by atoms with Gasteiger partial charge in [-0.15, -0.1) is 0 Å². The Labute approximate surface area is 114 Å². The van der Waals surface area contributed by atoms with Crippen LogP contribution in [0.2, 0.25) is 0 Å². The van der Waals surface area contributed by atoms with Crippen molar-refractivity contribution in [1.82, 2.24) is 4.98 Å². The maximum atomic E-state index is 12.7. The Kier molecular flexibility index (Phi) is 5.60. The molecule has 0 aliphatic heterocycles. The van der Waals surface area contributed by atoms with E-state index < -0.39 is 17.6 Å². The van der Waals surface area contributed by atoms with Crippen LogP contribution in [0.5, 0.6) is 0 Å². The van der Waals surface area contributed by atoms with E-state index in [1.165, 1.54) is 0 Å². The van der Waals surface area contributed by atoms with E-state index in [1.807, 2.05) is 0 Å². The molecule has 0 spiro atoms. The molecule has 4 N–H and O–H groups in total. The Bertz CT molecular complexity index is 463. The third-order valence-electron chi connectivity index (χ3n) is 2.42. The second kappa shape index (κ2) is 6.97. The molecule has 0 saturated carbocycles. The number of amides is 1. The van der Waals surface area contributed by atoms with Crippen LogP contribution in [0.4, 0.5) is 24.8 Å². The first-order valence-electron chi connectivity index (χ1n) is 6.18. The van der Waals surface area contributed by atoms with Crippen molar-refractivity contribution >= 4 is 17.5 Å². The van der Waals surface area contributed by atoms with Crippen LogP contribution in [0.3, 0.4) is 0 Å². The molecule has 5 nitrogen and oxygen atoms in total. The van der Waals surface area contributed by atoms with Gasteiger partial charge < -0.3 is 16.4 Å². The van der Waals surface area contributed by atoms with E-state index in [1.54, 1.807) is 6.92 Å². The first-order valence-corrected chi connectivity index (χ1v) is 6.18. The molecule has 1 aromatic rings. The largest absolute Gasteiger partial charge is 0.416 e. The zero-order chi connectivity index (χ0) is 15.2. The minimum Gasteiger partial charge on any atom is -0.370 e. The predicted octanol–water partition coefficient (Wildman–Crippen LogP) is 2.21. The average molecular weight is 290 g/mol. The number of pyridine rings is 1. The van der Waals surface area contributed by atoms with E-state index in [0.717, 1.165) is 12.1 Å². The smallest absolute Gasteiger partial charge is 0.370 e. The molecule has 1 aromatic heterocycles. The highest BCUT2D eigenvalue weighted by Crippen LogP contribution is 2.32. The molecule has 0 bridgehead atoms. The number of carbonyl (C=O) groups is 1. The summed E-state index contributed by atoms with van der Waals surface area (Å²) in [5, 5.41) is 5.50. The number of rotatable bonds is 7. The molecular weight excluding hydrogens is 273 g/mol. The summed E-state index contributed by atoms with van der Waals surface area (Å²) in [6.07, 6.45) is -3.83. The molecule has 0 atom stereocenters. The number of hydrogen-bond acceptors (Lipinski definition) is 4. The molecule has 0 fully saturated rings. The zero-order valence-electron chi connectivity index (χ0n) is 11.0. The van der Waals surface area contributed by atoms with Gasteiger partial charge in [0.1, 0.15) is 11.6 Å². The van der Waals surface area contributed by atoms with E-state index in [2.05, 4.69) is 15.6 Å². The van der Waals surface area contributed by atoms with Gasteiger partial charge in [-0.05, 0) is 25.5 Å². The zero-order valence-corrected chi connectivity index (χ0v) is 11.0. The lowest BCUT2D eigenvalue weighted by molar-refractivity contribution is -0.137. The van der Waals surface area contributed by atoms with Crippen LogP contribution in [0, 0.1) is 0 Å². The van der Waals surface area contributed by atoms with Crippen LogP contribution >= 0.6 is 0 Å². The van der Waals surface area contributed by atoms with Gasteiger partial charge in [0, 0.05) is 19.5 Å². The third kappa shape index (κ3) is 5.33. The maximum absolute atomic E-state index is 12.7. The summed E-state index contributed by atoms with van der Waals surface area (Å²) in [4.78, 5) is 14.6. The van der Waals surface area contributed by atoms with Crippen molar-refractivity contribution in [2.75, 3.05) is 23.7 Å². The van der Waals surface area contributed by atoms with E-state index in [4.69, 9.17) is 5.73 Å². The summed E-state index contributed by atoms with van der Waals surface area (Å²) in [5.74, 6) is -0.183. The third-order valence-corrected chi connectivity index (χ3v) is 2.42. The van der Waals surface area contributed by atoms with E-state index in [0.29, 0.717) is 19.5 Å². The van der Waals surface area contributed by atoms with Gasteiger partial charge in [0.05, 0.1) is 5.56 Å². The number of aromatic nitrogens is 1. The number of hydrogen-bond donors (Lipinski definition) is 3. The molecule has 8 heteroatoms. The van der Waals surface area contributed by atoms with E-state index >= 15 is 0 Å². The SMILES string of the molecule is CCNc1cc(C(F)(F)F)cc(NCCCC(N)=O)n1. The molecule has 0 aliphatic carbocycles. The number of nitrogens with one attached hydrogen (secondary N) is 2. The highest BCUT2D eigenvalue weighted by Gasteiger charge is 2.31. The summed E-state index contributed by atoms with van der Waals surface area (Å²) < 4.78 is 38.2. The maximum Gasteiger partial charge on any atom is 0.416 e. The Hall–Kier alpha value is -1.99. The summed E-state index contributed by atoms with van der Waals surface area (Å²) in [6, 6.07) is 1.89. The molecule has 0 radical (unpaired) electrons. The van der Waals surface area contributed by atoms with Crippen molar-refractivity contribution in [2.24, 2.45) is 5.73 Å². The second-order valence-electron chi connectivity index (χ2n) is 4.15. The minimum absolute atomic E-state index is 0.111. The molecule has 0 aliphatic rings. The van der Waals surface area contributed by atoms with Gasteiger partial charge in [-0.25, -0.2) is 4.98 Å². The fourth-order valence-electron chi connectivity index (χ4n) is 1.54. The highest BCUT2D eigenvalue weighted by molar-refractivity contribution is 5.73. The average Bonchev–Trinajstić information content (AvgIpc) is 2.33. The van der Waals surface area contributed by atoms with Gasteiger partial charge in [0.25, 0.3) is 0 Å². The van der Waals surface area contributed by atoms with Gasteiger partial charge >= 0.3 is 6.18 Å². The molecule has 0 aromatic carbocycles. The number of nitrogens with two attached hydrogens (primary N) is 1. The quantitative estimate of drug-likeness (QED) is 0.673. The van der Waals surface area contributed by atoms with Crippen molar-refractivity contribution in [2.45, 2.75) is 25.9 Å². The first kappa shape index (κ1) is 16.1. The summed E-state index contributed by atoms with van der Waals surface area (Å²) in [6.45, 7) is 2.56. The van der Waals surface area contributed by atoms with Crippen molar-refractivity contribution in [3.8, 4) is 0 Å². The molecule has 0 unspecified atom stereocenters. The molecule has 20 heavy (non-hydrogen) atoms. The normalized spacial score (nSPS) is 11.2. The number of carbonyl (C=O) groups excluding carboxylic acids is 1. The van der Waals surface area contributed by atoms with Crippen LogP contribution in [-0.4, -0.2) is 24.0 Å². The molecule has 1 heterocycles. The summed E-state index contributed by atoms with van der Waals surface area (Å²) in [7, 11) is 0.